The number of rotatable bonds is 1. The lowest BCUT2D eigenvalue weighted by Gasteiger charge is -2.03. The maximum absolute atomic E-state index is 11.7. The third-order valence-electron chi connectivity index (χ3n) is 2.22. The predicted molar refractivity (Wildman–Crippen MR) is 64.6 cm³/mol. The average molecular weight is 252 g/mol. The van der Waals surface area contributed by atoms with Gasteiger partial charge in [-0.3, -0.25) is 20.4 Å². The van der Waals surface area contributed by atoms with Gasteiger partial charge in [0.2, 0.25) is 5.91 Å². The maximum Gasteiger partial charge on any atom is 0.287 e. The summed E-state index contributed by atoms with van der Waals surface area (Å²) in [4.78, 5) is 25.3. The Labute approximate surface area is 102 Å². The van der Waals surface area contributed by atoms with Gasteiger partial charge in [0, 0.05) is 17.8 Å². The topological polar surface area (TPSA) is 74.0 Å². The fourth-order valence-corrected chi connectivity index (χ4v) is 1.77. The van der Waals surface area contributed by atoms with Gasteiger partial charge in [-0.15, -0.1) is 0 Å². The van der Waals surface area contributed by atoms with Crippen LogP contribution in [-0.2, 0) is 4.79 Å². The first-order valence-electron chi connectivity index (χ1n) is 4.92. The predicted octanol–water partition coefficient (Wildman–Crippen LogP) is 1.60. The molecule has 5 nitrogen and oxygen atoms in total. The summed E-state index contributed by atoms with van der Waals surface area (Å²) in [7, 11) is 0. The van der Waals surface area contributed by atoms with Crippen LogP contribution >= 0.6 is 11.6 Å². The Morgan fingerprint density at radius 1 is 1.24 bits per heavy atom. The molecule has 3 N–H and O–H groups in total. The number of hydrogen-bond donors (Lipinski definition) is 3. The lowest BCUT2D eigenvalue weighted by atomic mass is 10.2. The van der Waals surface area contributed by atoms with Gasteiger partial charge in [-0.1, -0.05) is 29.8 Å². The number of H-pyrrole nitrogens is 1. The molecule has 0 spiro atoms. The first-order chi connectivity index (χ1) is 8.09. The molecule has 2 aromatic rings. The molecule has 0 aliphatic carbocycles. The normalized spacial score (nSPS) is 10.2. The van der Waals surface area contributed by atoms with Crippen LogP contribution in [0.15, 0.2) is 24.3 Å². The van der Waals surface area contributed by atoms with E-state index < -0.39 is 5.91 Å². The zero-order chi connectivity index (χ0) is 12.4. The minimum atomic E-state index is -0.485. The van der Waals surface area contributed by atoms with Crippen LogP contribution in [0.1, 0.15) is 17.4 Å². The molecule has 88 valence electrons. The maximum atomic E-state index is 11.7. The highest BCUT2D eigenvalue weighted by Crippen LogP contribution is 2.26. The van der Waals surface area contributed by atoms with Crippen molar-refractivity contribution in [2.24, 2.45) is 0 Å². The molecule has 1 aromatic heterocycles. The SMILES string of the molecule is CC(=O)NNC(=O)c1[nH]c2ccccc2c1Cl. The number of nitrogens with one attached hydrogen (secondary N) is 3. The van der Waals surface area contributed by atoms with E-state index in [0.717, 1.165) is 10.9 Å². The summed E-state index contributed by atoms with van der Waals surface area (Å²) in [5.74, 6) is -0.841. The molecule has 1 heterocycles. The Hall–Kier alpha value is -2.01. The van der Waals surface area contributed by atoms with E-state index in [1.165, 1.54) is 6.92 Å². The van der Waals surface area contributed by atoms with Gasteiger partial charge in [-0.2, -0.15) is 0 Å². The molecule has 0 saturated carbocycles. The summed E-state index contributed by atoms with van der Waals surface area (Å²) in [5.41, 5.74) is 5.44. The molecule has 0 bridgehead atoms. The van der Waals surface area contributed by atoms with E-state index in [1.54, 1.807) is 0 Å². The summed E-state index contributed by atoms with van der Waals surface area (Å²) in [5, 5.41) is 1.10. The zero-order valence-corrected chi connectivity index (χ0v) is 9.76. The molecule has 0 fully saturated rings. The second-order valence-corrected chi connectivity index (χ2v) is 3.87. The molecule has 0 aliphatic heterocycles. The number of carbonyl (C=O) groups excluding carboxylic acids is 2. The van der Waals surface area contributed by atoms with Gasteiger partial charge in [0.25, 0.3) is 5.91 Å². The highest BCUT2D eigenvalue weighted by molar-refractivity contribution is 6.38. The summed E-state index contributed by atoms with van der Waals surface area (Å²) in [6, 6.07) is 7.29. The summed E-state index contributed by atoms with van der Waals surface area (Å²) < 4.78 is 0. The third-order valence-corrected chi connectivity index (χ3v) is 2.61. The fraction of sp³-hybridized carbons (Fsp3) is 0.0909. The largest absolute Gasteiger partial charge is 0.349 e. The van der Waals surface area contributed by atoms with Crippen molar-refractivity contribution in [2.45, 2.75) is 6.92 Å². The quantitative estimate of drug-likeness (QED) is 0.674. The molecule has 2 amide bonds. The summed E-state index contributed by atoms with van der Waals surface area (Å²) >= 11 is 6.06. The van der Waals surface area contributed by atoms with Gasteiger partial charge in [0.05, 0.1) is 5.02 Å². The van der Waals surface area contributed by atoms with Crippen molar-refractivity contribution in [3.05, 3.63) is 35.0 Å². The van der Waals surface area contributed by atoms with Gasteiger partial charge >= 0.3 is 0 Å². The van der Waals surface area contributed by atoms with Crippen LogP contribution in [0, 0.1) is 0 Å². The molecular weight excluding hydrogens is 242 g/mol. The van der Waals surface area contributed by atoms with E-state index in [9.17, 15) is 9.59 Å². The number of fused-ring (bicyclic) bond motifs is 1. The molecule has 0 saturated heterocycles. The van der Waals surface area contributed by atoms with Crippen molar-refractivity contribution in [2.75, 3.05) is 0 Å². The van der Waals surface area contributed by atoms with Crippen molar-refractivity contribution in [3.8, 4) is 0 Å². The van der Waals surface area contributed by atoms with Crippen LogP contribution in [0.25, 0.3) is 10.9 Å². The van der Waals surface area contributed by atoms with Crippen LogP contribution in [0.5, 0.6) is 0 Å². The van der Waals surface area contributed by atoms with Gasteiger partial charge in [-0.05, 0) is 6.07 Å². The number of carbonyl (C=O) groups is 2. The Kier molecular flexibility index (Phi) is 3.01. The Balaban J connectivity index is 2.32. The third kappa shape index (κ3) is 2.24. The van der Waals surface area contributed by atoms with Gasteiger partial charge < -0.3 is 4.98 Å². The van der Waals surface area contributed by atoms with Gasteiger partial charge in [-0.25, -0.2) is 0 Å². The standard InChI is InChI=1S/C11H10ClN3O2/c1-6(16)14-15-11(17)10-9(12)7-4-2-3-5-8(7)13-10/h2-5,13H,1H3,(H,14,16)(H,15,17). The Bertz CT molecular complexity index is 591. The van der Waals surface area contributed by atoms with E-state index in [0.29, 0.717) is 5.02 Å². The first-order valence-corrected chi connectivity index (χ1v) is 5.30. The zero-order valence-electron chi connectivity index (χ0n) is 9.00. The second kappa shape index (κ2) is 4.47. The van der Waals surface area contributed by atoms with E-state index in [1.807, 2.05) is 24.3 Å². The van der Waals surface area contributed by atoms with E-state index >= 15 is 0 Å². The van der Waals surface area contributed by atoms with Gasteiger partial charge in [0.1, 0.15) is 5.69 Å². The minimum Gasteiger partial charge on any atom is -0.349 e. The lowest BCUT2D eigenvalue weighted by Crippen LogP contribution is -2.40. The molecule has 6 heteroatoms. The minimum absolute atomic E-state index is 0.224. The number of benzene rings is 1. The number of aromatic nitrogens is 1. The summed E-state index contributed by atoms with van der Waals surface area (Å²) in [6.07, 6.45) is 0. The summed E-state index contributed by atoms with van der Waals surface area (Å²) in [6.45, 7) is 1.30. The van der Waals surface area contributed by atoms with Crippen molar-refractivity contribution in [1.82, 2.24) is 15.8 Å². The van der Waals surface area contributed by atoms with E-state index in [2.05, 4.69) is 15.8 Å². The number of hydrazine groups is 1. The number of hydrogen-bond acceptors (Lipinski definition) is 2. The molecule has 1 aromatic carbocycles. The van der Waals surface area contributed by atoms with Crippen LogP contribution in [0.2, 0.25) is 5.02 Å². The van der Waals surface area contributed by atoms with E-state index in [4.69, 9.17) is 11.6 Å². The Morgan fingerprint density at radius 2 is 1.94 bits per heavy atom. The fourth-order valence-electron chi connectivity index (χ4n) is 1.47. The molecule has 2 rings (SSSR count). The molecule has 0 radical (unpaired) electrons. The Morgan fingerprint density at radius 3 is 2.59 bits per heavy atom. The molecule has 0 aliphatic rings. The first kappa shape index (κ1) is 11.5. The molecular formula is C11H10ClN3O2. The number of para-hydroxylation sites is 1. The van der Waals surface area contributed by atoms with Crippen LogP contribution in [-0.4, -0.2) is 16.8 Å². The lowest BCUT2D eigenvalue weighted by molar-refractivity contribution is -0.119. The van der Waals surface area contributed by atoms with Gasteiger partial charge in [0.15, 0.2) is 0 Å². The average Bonchev–Trinajstić information content (AvgIpc) is 2.64. The van der Waals surface area contributed by atoms with Crippen LogP contribution in [0.3, 0.4) is 0 Å². The smallest absolute Gasteiger partial charge is 0.287 e. The van der Waals surface area contributed by atoms with Crippen molar-refractivity contribution in [3.63, 3.8) is 0 Å². The van der Waals surface area contributed by atoms with Crippen molar-refractivity contribution < 1.29 is 9.59 Å². The molecule has 0 unspecified atom stereocenters. The molecule has 17 heavy (non-hydrogen) atoms. The van der Waals surface area contributed by atoms with E-state index in [-0.39, 0.29) is 11.6 Å². The second-order valence-electron chi connectivity index (χ2n) is 3.49. The monoisotopic (exact) mass is 251 g/mol. The van der Waals surface area contributed by atoms with Crippen LogP contribution in [0.4, 0.5) is 0 Å². The van der Waals surface area contributed by atoms with Crippen molar-refractivity contribution in [1.29, 1.82) is 0 Å². The molecule has 0 atom stereocenters. The highest BCUT2D eigenvalue weighted by Gasteiger charge is 2.15. The van der Waals surface area contributed by atoms with Crippen molar-refractivity contribution >= 4 is 34.3 Å². The number of aromatic amines is 1. The van der Waals surface area contributed by atoms with Crippen LogP contribution < -0.4 is 10.9 Å². The number of halogens is 1. The number of amides is 2. The highest BCUT2D eigenvalue weighted by atomic mass is 35.5.